The van der Waals surface area contributed by atoms with Gasteiger partial charge in [-0.15, -0.1) is 0 Å². The van der Waals surface area contributed by atoms with Crippen LogP contribution >= 0.6 is 15.9 Å². The number of rotatable bonds is 6. The Balaban J connectivity index is 2.34. The maximum Gasteiger partial charge on any atom is 0.329 e. The summed E-state index contributed by atoms with van der Waals surface area (Å²) in [6.45, 7) is 2.71. The van der Waals surface area contributed by atoms with Gasteiger partial charge >= 0.3 is 5.69 Å². The van der Waals surface area contributed by atoms with Gasteiger partial charge in [-0.05, 0) is 34.5 Å². The molecular formula is C13H14BrN5O2. The van der Waals surface area contributed by atoms with Gasteiger partial charge in [0.15, 0.2) is 0 Å². The monoisotopic (exact) mass is 351 g/mol. The first-order valence-electron chi connectivity index (χ1n) is 6.38. The Kier molecular flexibility index (Phi) is 5.04. The van der Waals surface area contributed by atoms with Crippen molar-refractivity contribution in [2.75, 3.05) is 17.2 Å². The van der Waals surface area contributed by atoms with Gasteiger partial charge in [0, 0.05) is 11.0 Å². The third-order valence-corrected chi connectivity index (χ3v) is 3.32. The standard InChI is InChI=1S/C13H14BrN5O2/c1-2-7-15-13-16-8-11(19(20)21)12(18-13)17-10-6-4-3-5-9(10)14/h3-6,8H,2,7H2,1H3,(H2,15,16,17,18). The number of hydrogen-bond acceptors (Lipinski definition) is 6. The van der Waals surface area contributed by atoms with Crippen LogP contribution in [0.2, 0.25) is 0 Å². The second-order valence-electron chi connectivity index (χ2n) is 4.22. The van der Waals surface area contributed by atoms with Crippen LogP contribution in [-0.2, 0) is 0 Å². The first kappa shape index (κ1) is 15.2. The van der Waals surface area contributed by atoms with E-state index in [2.05, 4.69) is 36.5 Å². The van der Waals surface area contributed by atoms with E-state index in [9.17, 15) is 10.1 Å². The zero-order valence-electron chi connectivity index (χ0n) is 11.3. The average Bonchev–Trinajstić information content (AvgIpc) is 2.47. The van der Waals surface area contributed by atoms with Gasteiger partial charge in [-0.1, -0.05) is 19.1 Å². The van der Waals surface area contributed by atoms with Crippen LogP contribution in [0.4, 0.5) is 23.1 Å². The smallest absolute Gasteiger partial charge is 0.329 e. The minimum atomic E-state index is -0.511. The Labute approximate surface area is 130 Å². The highest BCUT2D eigenvalue weighted by Crippen LogP contribution is 2.29. The predicted octanol–water partition coefficient (Wildman–Crippen LogP) is 3.71. The van der Waals surface area contributed by atoms with Crippen molar-refractivity contribution in [3.8, 4) is 0 Å². The van der Waals surface area contributed by atoms with Crippen LogP contribution in [0.3, 0.4) is 0 Å². The quantitative estimate of drug-likeness (QED) is 0.608. The molecule has 0 aliphatic rings. The number of hydrogen-bond donors (Lipinski definition) is 2. The minimum absolute atomic E-state index is 0.153. The van der Waals surface area contributed by atoms with Crippen molar-refractivity contribution < 1.29 is 4.92 Å². The summed E-state index contributed by atoms with van der Waals surface area (Å²) in [6, 6.07) is 7.33. The summed E-state index contributed by atoms with van der Waals surface area (Å²) < 4.78 is 0.793. The van der Waals surface area contributed by atoms with Gasteiger partial charge < -0.3 is 10.6 Å². The SMILES string of the molecule is CCCNc1ncc([N+](=O)[O-])c(Nc2ccccc2Br)n1. The molecule has 0 saturated heterocycles. The van der Waals surface area contributed by atoms with E-state index in [1.807, 2.05) is 25.1 Å². The van der Waals surface area contributed by atoms with Gasteiger partial charge in [-0.2, -0.15) is 4.98 Å². The predicted molar refractivity (Wildman–Crippen MR) is 84.9 cm³/mol. The maximum atomic E-state index is 11.1. The van der Waals surface area contributed by atoms with Crippen molar-refractivity contribution in [2.24, 2.45) is 0 Å². The van der Waals surface area contributed by atoms with Gasteiger partial charge in [0.2, 0.25) is 11.8 Å². The summed E-state index contributed by atoms with van der Waals surface area (Å²) in [4.78, 5) is 18.7. The number of nitrogens with one attached hydrogen (secondary N) is 2. The minimum Gasteiger partial charge on any atom is -0.354 e. The summed E-state index contributed by atoms with van der Waals surface area (Å²) in [7, 11) is 0. The first-order valence-corrected chi connectivity index (χ1v) is 7.18. The van der Waals surface area contributed by atoms with E-state index >= 15 is 0 Å². The normalized spacial score (nSPS) is 10.2. The molecule has 21 heavy (non-hydrogen) atoms. The molecule has 0 amide bonds. The van der Waals surface area contributed by atoms with E-state index < -0.39 is 4.92 Å². The van der Waals surface area contributed by atoms with Gasteiger partial charge in [0.25, 0.3) is 0 Å². The Bertz CT molecular complexity index is 650. The lowest BCUT2D eigenvalue weighted by atomic mass is 10.3. The Morgan fingerprint density at radius 2 is 2.14 bits per heavy atom. The fraction of sp³-hybridized carbons (Fsp3) is 0.231. The number of halogens is 1. The molecule has 0 spiro atoms. The third-order valence-electron chi connectivity index (χ3n) is 2.63. The van der Waals surface area contributed by atoms with Crippen molar-refractivity contribution >= 4 is 39.1 Å². The lowest BCUT2D eigenvalue weighted by Crippen LogP contribution is -2.08. The Hall–Kier alpha value is -2.22. The lowest BCUT2D eigenvalue weighted by Gasteiger charge is -2.09. The second kappa shape index (κ2) is 6.98. The molecule has 0 atom stereocenters. The highest BCUT2D eigenvalue weighted by molar-refractivity contribution is 9.10. The zero-order chi connectivity index (χ0) is 15.2. The fourth-order valence-corrected chi connectivity index (χ4v) is 2.00. The zero-order valence-corrected chi connectivity index (χ0v) is 12.9. The Morgan fingerprint density at radius 1 is 1.38 bits per heavy atom. The topological polar surface area (TPSA) is 93.0 Å². The molecule has 0 fully saturated rings. The molecule has 1 aromatic heterocycles. The summed E-state index contributed by atoms with van der Waals surface area (Å²) in [5, 5.41) is 17.0. The van der Waals surface area contributed by atoms with E-state index in [-0.39, 0.29) is 11.5 Å². The van der Waals surface area contributed by atoms with Crippen molar-refractivity contribution in [1.29, 1.82) is 0 Å². The molecule has 0 radical (unpaired) electrons. The summed E-state index contributed by atoms with van der Waals surface area (Å²) in [6.07, 6.45) is 2.11. The van der Waals surface area contributed by atoms with Crippen LogP contribution in [-0.4, -0.2) is 21.4 Å². The molecule has 0 aliphatic heterocycles. The van der Waals surface area contributed by atoms with Gasteiger partial charge in [-0.3, -0.25) is 10.1 Å². The van der Waals surface area contributed by atoms with Gasteiger partial charge in [0.05, 0.1) is 10.6 Å². The molecule has 0 unspecified atom stereocenters. The molecule has 7 nitrogen and oxygen atoms in total. The number of nitrogens with zero attached hydrogens (tertiary/aromatic N) is 3. The van der Waals surface area contributed by atoms with E-state index in [0.29, 0.717) is 18.2 Å². The van der Waals surface area contributed by atoms with Crippen molar-refractivity contribution in [3.05, 3.63) is 45.0 Å². The van der Waals surface area contributed by atoms with Gasteiger partial charge in [0.1, 0.15) is 6.20 Å². The van der Waals surface area contributed by atoms with Gasteiger partial charge in [-0.25, -0.2) is 4.98 Å². The first-order chi connectivity index (χ1) is 10.1. The molecule has 0 bridgehead atoms. The van der Waals surface area contributed by atoms with Crippen LogP contribution < -0.4 is 10.6 Å². The fourth-order valence-electron chi connectivity index (χ4n) is 1.61. The average molecular weight is 352 g/mol. The summed E-state index contributed by atoms with van der Waals surface area (Å²) in [5.41, 5.74) is 0.522. The molecule has 2 aromatic rings. The van der Waals surface area contributed by atoms with Crippen LogP contribution in [0, 0.1) is 10.1 Å². The summed E-state index contributed by atoms with van der Waals surface area (Å²) in [5.74, 6) is 0.512. The number of para-hydroxylation sites is 1. The van der Waals surface area contributed by atoms with E-state index in [0.717, 1.165) is 10.9 Å². The second-order valence-corrected chi connectivity index (χ2v) is 5.07. The van der Waals surface area contributed by atoms with Crippen molar-refractivity contribution in [2.45, 2.75) is 13.3 Å². The molecule has 1 heterocycles. The van der Waals surface area contributed by atoms with Crippen LogP contribution in [0.15, 0.2) is 34.9 Å². The number of benzene rings is 1. The number of nitro groups is 1. The molecule has 2 N–H and O–H groups in total. The third kappa shape index (κ3) is 3.88. The van der Waals surface area contributed by atoms with Crippen molar-refractivity contribution in [3.63, 3.8) is 0 Å². The number of anilines is 3. The highest BCUT2D eigenvalue weighted by Gasteiger charge is 2.18. The maximum absolute atomic E-state index is 11.1. The molecular weight excluding hydrogens is 338 g/mol. The molecule has 1 aromatic carbocycles. The van der Waals surface area contributed by atoms with E-state index in [4.69, 9.17) is 0 Å². The van der Waals surface area contributed by atoms with Crippen LogP contribution in [0.5, 0.6) is 0 Å². The van der Waals surface area contributed by atoms with Crippen molar-refractivity contribution in [1.82, 2.24) is 9.97 Å². The molecule has 0 aliphatic carbocycles. The lowest BCUT2D eigenvalue weighted by molar-refractivity contribution is -0.384. The summed E-state index contributed by atoms with van der Waals surface area (Å²) >= 11 is 3.38. The van der Waals surface area contributed by atoms with E-state index in [1.165, 1.54) is 6.20 Å². The molecule has 8 heteroatoms. The molecule has 110 valence electrons. The molecule has 0 saturated carbocycles. The number of aromatic nitrogens is 2. The highest BCUT2D eigenvalue weighted by atomic mass is 79.9. The van der Waals surface area contributed by atoms with Crippen LogP contribution in [0.1, 0.15) is 13.3 Å². The largest absolute Gasteiger partial charge is 0.354 e. The Morgan fingerprint density at radius 3 is 2.81 bits per heavy atom. The van der Waals surface area contributed by atoms with Crippen LogP contribution in [0.25, 0.3) is 0 Å². The molecule has 2 rings (SSSR count). The van der Waals surface area contributed by atoms with E-state index in [1.54, 1.807) is 6.07 Å².